The first-order valence-corrected chi connectivity index (χ1v) is 8.89. The lowest BCUT2D eigenvalue weighted by Gasteiger charge is -1.95. The van der Waals surface area contributed by atoms with Crippen LogP contribution in [0, 0.1) is 0 Å². The summed E-state index contributed by atoms with van der Waals surface area (Å²) in [6.45, 7) is 0. The Morgan fingerprint density at radius 1 is 1.05 bits per heavy atom. The van der Waals surface area contributed by atoms with E-state index in [1.54, 1.807) is 0 Å². The standard InChI is InChI=1S/C5H5BrN2O2S.C5H5NO3S/c6-4-1-5(3-8-2-4)11(7,9)10;7-10(8,9)5-2-1-3-6-4-5/h1-3H,(H2,7,9,10);1-4H,(H,7,8,9). The molecule has 3 N–H and O–H groups in total. The van der Waals surface area contributed by atoms with Crippen molar-refractivity contribution in [1.82, 2.24) is 9.97 Å². The van der Waals surface area contributed by atoms with Crippen molar-refractivity contribution in [2.45, 2.75) is 9.79 Å². The number of hydrogen-bond donors (Lipinski definition) is 2. The average molecular weight is 396 g/mol. The Balaban J connectivity index is 0.000000211. The highest BCUT2D eigenvalue weighted by Crippen LogP contribution is 2.12. The third-order valence-electron chi connectivity index (χ3n) is 1.94. The number of primary sulfonamides is 1. The Hall–Kier alpha value is -1.40. The third-order valence-corrected chi connectivity index (χ3v) is 4.09. The molecule has 0 saturated heterocycles. The van der Waals surface area contributed by atoms with Gasteiger partial charge in [0.2, 0.25) is 10.0 Å². The second-order valence-electron chi connectivity index (χ2n) is 3.55. The predicted octanol–water partition coefficient (Wildman–Crippen LogP) is 0.820. The minimum Gasteiger partial charge on any atom is -0.282 e. The molecule has 0 fully saturated rings. The SMILES string of the molecule is NS(=O)(=O)c1cncc(Br)c1.O=S(=O)(O)c1cccnc1. The number of halogens is 1. The van der Waals surface area contributed by atoms with Crippen LogP contribution in [0.3, 0.4) is 0 Å². The van der Waals surface area contributed by atoms with Crippen LogP contribution in [0.2, 0.25) is 0 Å². The molecule has 0 aliphatic heterocycles. The molecule has 0 bridgehead atoms. The molecule has 0 amide bonds. The molecular formula is C10H10BrN3O5S2. The molecule has 11 heteroatoms. The molecular weight excluding hydrogens is 386 g/mol. The van der Waals surface area contributed by atoms with Crippen LogP contribution >= 0.6 is 15.9 Å². The van der Waals surface area contributed by atoms with E-state index in [-0.39, 0.29) is 9.79 Å². The number of pyridine rings is 2. The topological polar surface area (TPSA) is 140 Å². The van der Waals surface area contributed by atoms with Gasteiger partial charge < -0.3 is 0 Å². The van der Waals surface area contributed by atoms with Crippen LogP contribution < -0.4 is 5.14 Å². The molecule has 0 unspecified atom stereocenters. The smallest absolute Gasteiger partial charge is 0.282 e. The number of sulfonamides is 1. The second-order valence-corrected chi connectivity index (χ2v) is 7.45. The molecule has 0 spiro atoms. The summed E-state index contributed by atoms with van der Waals surface area (Å²) in [6, 6.07) is 4.09. The second kappa shape index (κ2) is 7.04. The van der Waals surface area contributed by atoms with Gasteiger partial charge in [-0.05, 0) is 34.1 Å². The van der Waals surface area contributed by atoms with E-state index in [1.807, 2.05) is 0 Å². The van der Waals surface area contributed by atoms with E-state index in [4.69, 9.17) is 9.69 Å². The summed E-state index contributed by atoms with van der Waals surface area (Å²) in [5.41, 5.74) is 0. The van der Waals surface area contributed by atoms with Gasteiger partial charge in [-0.15, -0.1) is 0 Å². The first-order chi connectivity index (χ1) is 9.60. The van der Waals surface area contributed by atoms with Gasteiger partial charge in [-0.2, -0.15) is 8.42 Å². The van der Waals surface area contributed by atoms with Gasteiger partial charge in [0, 0.05) is 29.3 Å². The summed E-state index contributed by atoms with van der Waals surface area (Å²) in [5, 5.41) is 4.84. The molecule has 0 radical (unpaired) electrons. The minimum absolute atomic E-state index is 0.00637. The number of rotatable bonds is 2. The van der Waals surface area contributed by atoms with Crippen LogP contribution in [0.25, 0.3) is 0 Å². The van der Waals surface area contributed by atoms with Crippen LogP contribution in [-0.4, -0.2) is 31.4 Å². The zero-order valence-corrected chi connectivity index (χ0v) is 13.5. The number of hydrogen-bond acceptors (Lipinski definition) is 6. The van der Waals surface area contributed by atoms with Crippen molar-refractivity contribution in [2.24, 2.45) is 5.14 Å². The molecule has 2 aromatic heterocycles. The molecule has 2 heterocycles. The van der Waals surface area contributed by atoms with Gasteiger partial charge in [0.25, 0.3) is 10.1 Å². The van der Waals surface area contributed by atoms with E-state index in [0.717, 1.165) is 6.20 Å². The Bertz CT molecular complexity index is 810. The van der Waals surface area contributed by atoms with E-state index in [2.05, 4.69) is 25.9 Å². The maximum Gasteiger partial charge on any atom is 0.296 e. The fraction of sp³-hybridized carbons (Fsp3) is 0. The normalized spacial score (nSPS) is 11.4. The molecule has 0 aromatic carbocycles. The summed E-state index contributed by atoms with van der Waals surface area (Å²) >= 11 is 3.07. The largest absolute Gasteiger partial charge is 0.296 e. The van der Waals surface area contributed by atoms with E-state index >= 15 is 0 Å². The summed E-state index contributed by atoms with van der Waals surface area (Å²) in [6.07, 6.45) is 5.18. The summed E-state index contributed by atoms with van der Waals surface area (Å²) < 4.78 is 51.1. The maximum atomic E-state index is 10.7. The lowest BCUT2D eigenvalue weighted by Crippen LogP contribution is -2.12. The zero-order chi connectivity index (χ0) is 16.1. The molecule has 0 aliphatic carbocycles. The monoisotopic (exact) mass is 395 g/mol. The molecule has 0 aliphatic rings. The first kappa shape index (κ1) is 17.7. The van der Waals surface area contributed by atoms with Crippen LogP contribution in [0.15, 0.2) is 57.3 Å². The van der Waals surface area contributed by atoms with Gasteiger partial charge in [-0.3, -0.25) is 14.5 Å². The average Bonchev–Trinajstić information content (AvgIpc) is 2.38. The number of nitrogens with zero attached hydrogens (tertiary/aromatic N) is 2. The summed E-state index contributed by atoms with van der Waals surface area (Å²) in [5.74, 6) is 0. The van der Waals surface area contributed by atoms with Crippen molar-refractivity contribution in [2.75, 3.05) is 0 Å². The van der Waals surface area contributed by atoms with E-state index in [9.17, 15) is 16.8 Å². The van der Waals surface area contributed by atoms with Crippen LogP contribution in [0.4, 0.5) is 0 Å². The highest BCUT2D eigenvalue weighted by atomic mass is 79.9. The van der Waals surface area contributed by atoms with Crippen LogP contribution in [-0.2, 0) is 20.1 Å². The Morgan fingerprint density at radius 3 is 2.00 bits per heavy atom. The van der Waals surface area contributed by atoms with Gasteiger partial charge in [0.05, 0.1) is 0 Å². The summed E-state index contributed by atoms with van der Waals surface area (Å²) in [7, 11) is -7.68. The zero-order valence-electron chi connectivity index (χ0n) is 10.3. The highest BCUT2D eigenvalue weighted by molar-refractivity contribution is 9.10. The fourth-order valence-electron chi connectivity index (χ4n) is 1.05. The lowest BCUT2D eigenvalue weighted by atomic mass is 10.5. The van der Waals surface area contributed by atoms with Crippen molar-refractivity contribution in [1.29, 1.82) is 0 Å². The molecule has 114 valence electrons. The van der Waals surface area contributed by atoms with Gasteiger partial charge in [-0.1, -0.05) is 0 Å². The van der Waals surface area contributed by atoms with Gasteiger partial charge in [0.15, 0.2) is 0 Å². The van der Waals surface area contributed by atoms with Gasteiger partial charge in [0.1, 0.15) is 9.79 Å². The van der Waals surface area contributed by atoms with E-state index in [0.29, 0.717) is 4.47 Å². The van der Waals surface area contributed by atoms with Crippen molar-refractivity contribution >= 4 is 36.1 Å². The molecule has 2 rings (SSSR count). The van der Waals surface area contributed by atoms with E-state index < -0.39 is 20.1 Å². The fourth-order valence-corrected chi connectivity index (χ4v) is 2.51. The highest BCUT2D eigenvalue weighted by Gasteiger charge is 2.07. The molecule has 0 atom stereocenters. The molecule has 0 saturated carbocycles. The van der Waals surface area contributed by atoms with Gasteiger partial charge >= 0.3 is 0 Å². The number of aromatic nitrogens is 2. The quantitative estimate of drug-likeness (QED) is 0.716. The van der Waals surface area contributed by atoms with E-state index in [1.165, 1.54) is 36.8 Å². The van der Waals surface area contributed by atoms with Crippen molar-refractivity contribution in [3.63, 3.8) is 0 Å². The Morgan fingerprint density at radius 2 is 1.67 bits per heavy atom. The molecule has 2 aromatic rings. The third kappa shape index (κ3) is 6.27. The summed E-state index contributed by atoms with van der Waals surface area (Å²) in [4.78, 5) is 6.98. The molecule has 8 nitrogen and oxygen atoms in total. The number of nitrogens with two attached hydrogens (primary N) is 1. The van der Waals surface area contributed by atoms with Crippen LogP contribution in [0.5, 0.6) is 0 Å². The van der Waals surface area contributed by atoms with Gasteiger partial charge in [-0.25, -0.2) is 13.6 Å². The Kier molecular flexibility index (Phi) is 5.92. The van der Waals surface area contributed by atoms with Crippen molar-refractivity contribution < 1.29 is 21.4 Å². The Labute approximate surface area is 130 Å². The lowest BCUT2D eigenvalue weighted by molar-refractivity contribution is 0.483. The van der Waals surface area contributed by atoms with Crippen LogP contribution in [0.1, 0.15) is 0 Å². The first-order valence-electron chi connectivity index (χ1n) is 5.11. The predicted molar refractivity (Wildman–Crippen MR) is 77.4 cm³/mol. The minimum atomic E-state index is -4.07. The molecule has 21 heavy (non-hydrogen) atoms. The maximum absolute atomic E-state index is 10.7. The van der Waals surface area contributed by atoms with Crippen molar-refractivity contribution in [3.05, 3.63) is 47.5 Å². The van der Waals surface area contributed by atoms with Crippen molar-refractivity contribution in [3.8, 4) is 0 Å².